The summed E-state index contributed by atoms with van der Waals surface area (Å²) in [7, 11) is 0. The Morgan fingerprint density at radius 1 is 0.975 bits per heavy atom. The molecule has 4 aromatic rings. The Labute approximate surface area is 262 Å². The summed E-state index contributed by atoms with van der Waals surface area (Å²) in [5.41, 5.74) is 5.61. The van der Waals surface area contributed by atoms with Crippen LogP contribution in [0.5, 0.6) is 0 Å². The van der Waals surface area contributed by atoms with Gasteiger partial charge in [0.25, 0.3) is 0 Å². The summed E-state index contributed by atoms with van der Waals surface area (Å²) in [5.74, 6) is 0.547. The molecule has 0 saturated heterocycles. The van der Waals surface area contributed by atoms with Crippen LogP contribution in [0.1, 0.15) is 74.2 Å². The van der Waals surface area contributed by atoms with Crippen molar-refractivity contribution in [3.8, 4) is 21.7 Å². The van der Waals surface area contributed by atoms with Crippen LogP contribution in [-0.2, 0) is 24.9 Å². The largest absolute Gasteiger partial charge is 0.512 e. The average Bonchev–Trinajstić information content (AvgIpc) is 3.37. The van der Waals surface area contributed by atoms with E-state index >= 15 is 0 Å². The van der Waals surface area contributed by atoms with E-state index < -0.39 is 6.85 Å². The summed E-state index contributed by atoms with van der Waals surface area (Å²) in [6, 6.07) is 18.9. The van der Waals surface area contributed by atoms with Crippen LogP contribution in [0.4, 0.5) is 0 Å². The van der Waals surface area contributed by atoms with Gasteiger partial charge in [0, 0.05) is 63.3 Å². The summed E-state index contributed by atoms with van der Waals surface area (Å²) in [5, 5.41) is 10.8. The van der Waals surface area contributed by atoms with Crippen molar-refractivity contribution < 1.29 is 34.1 Å². The number of hydrogen-bond acceptors (Lipinski definition) is 4. The molecule has 0 saturated carbocycles. The maximum absolute atomic E-state index is 11.7. The third kappa shape index (κ3) is 8.96. The Kier molecular flexibility index (Phi) is 11.6. The van der Waals surface area contributed by atoms with Crippen molar-refractivity contribution in [3.05, 3.63) is 89.3 Å². The van der Waals surface area contributed by atoms with E-state index in [4.69, 9.17) is 4.11 Å². The number of hydrogen-bond donors (Lipinski definition) is 1. The number of carbonyl (C=O) groups excluding carboxylic acids is 1. The molecule has 2 aromatic carbocycles. The van der Waals surface area contributed by atoms with Gasteiger partial charge in [0.15, 0.2) is 5.78 Å². The molecule has 2 aromatic heterocycles. The fourth-order valence-electron chi connectivity index (χ4n) is 4.67. The van der Waals surface area contributed by atoms with Gasteiger partial charge in [-0.2, -0.15) is 0 Å². The van der Waals surface area contributed by atoms with Crippen LogP contribution in [0, 0.1) is 38.6 Å². The number of thiophene rings is 1. The predicted molar refractivity (Wildman–Crippen MR) is 167 cm³/mol. The Balaban J connectivity index is 0.000000348. The van der Waals surface area contributed by atoms with Crippen molar-refractivity contribution in [2.75, 3.05) is 0 Å². The smallest absolute Gasteiger partial charge is 0.162 e. The van der Waals surface area contributed by atoms with Gasteiger partial charge in [-0.3, -0.25) is 4.79 Å². The zero-order chi connectivity index (χ0) is 31.0. The van der Waals surface area contributed by atoms with Crippen LogP contribution < -0.4 is 0 Å². The van der Waals surface area contributed by atoms with Crippen molar-refractivity contribution in [3.63, 3.8) is 0 Å². The number of ketones is 1. The quantitative estimate of drug-likeness (QED) is 0.106. The molecule has 0 aliphatic heterocycles. The molecule has 0 amide bonds. The topological polar surface area (TPSA) is 50.2 Å². The fraction of sp³-hybridized carbons (Fsp3) is 0.371. The molecule has 0 bridgehead atoms. The molecule has 0 aliphatic carbocycles. The van der Waals surface area contributed by atoms with Crippen LogP contribution in [0.25, 0.3) is 31.8 Å². The molecular formula is C35H42IrNO2S-. The van der Waals surface area contributed by atoms with Gasteiger partial charge in [-0.05, 0) is 49.9 Å². The number of aromatic nitrogens is 1. The van der Waals surface area contributed by atoms with E-state index in [0.717, 1.165) is 63.0 Å². The number of allylic oxidation sites excluding steroid dienone is 2. The first-order valence-electron chi connectivity index (χ1n) is 15.4. The zero-order valence-corrected chi connectivity index (χ0v) is 27.5. The van der Waals surface area contributed by atoms with Gasteiger partial charge in [0.2, 0.25) is 0 Å². The first kappa shape index (κ1) is 28.9. The van der Waals surface area contributed by atoms with Crippen molar-refractivity contribution in [2.45, 2.75) is 74.1 Å². The van der Waals surface area contributed by atoms with E-state index in [-0.39, 0.29) is 43.5 Å². The molecule has 1 N–H and O–H groups in total. The van der Waals surface area contributed by atoms with Crippen LogP contribution in [0.15, 0.2) is 66.6 Å². The van der Waals surface area contributed by atoms with Crippen LogP contribution in [0.3, 0.4) is 0 Å². The van der Waals surface area contributed by atoms with E-state index in [1.54, 1.807) is 23.5 Å². The number of aliphatic hydroxyl groups excluding tert-OH is 1. The maximum atomic E-state index is 11.7. The number of carbonyl (C=O) groups is 1. The standard InChI is InChI=1S/C22H18NS.C13H24O2.Ir/c1-14-4-6-17(7-5-14)21-11-19-13-23-20(12-22(19)24-21)18-9-15(2)8-16(3)10-18;1-5-10(6-2)12(14)9-13(15)11(7-3)8-4;/h4-9,11-13H,1-3H3;9-11,14H,5-8H2,1-4H3;/q-1;;/b;12-9-;/i1D3;;. The van der Waals surface area contributed by atoms with Crippen molar-refractivity contribution in [2.24, 2.45) is 11.8 Å². The number of rotatable bonds is 9. The Morgan fingerprint density at radius 2 is 1.62 bits per heavy atom. The molecule has 0 fully saturated rings. The minimum atomic E-state index is -2.07. The summed E-state index contributed by atoms with van der Waals surface area (Å²) in [6.07, 6.45) is 6.80. The number of fused-ring (bicyclic) bond motifs is 1. The van der Waals surface area contributed by atoms with Gasteiger partial charge in [-0.1, -0.05) is 77.4 Å². The second kappa shape index (κ2) is 16.0. The SMILES string of the molecule is CCC(CC)C(=O)/C=C(\O)C(CC)CC.[2H]C([2H])([2H])c1ccc(-c2cc3cnc(-c4[c-]c(C)cc(C)c4)cc3s2)cc1.[Ir]. The average molecular weight is 736 g/mol. The van der Waals surface area contributed by atoms with E-state index in [2.05, 4.69) is 42.2 Å². The number of nitrogens with zero attached hydrogens (tertiary/aromatic N) is 1. The molecule has 2 heterocycles. The molecule has 0 aliphatic rings. The molecule has 4 rings (SSSR count). The fourth-order valence-corrected chi connectivity index (χ4v) is 5.75. The summed E-state index contributed by atoms with van der Waals surface area (Å²) in [4.78, 5) is 17.4. The summed E-state index contributed by atoms with van der Waals surface area (Å²) < 4.78 is 23.6. The van der Waals surface area contributed by atoms with Gasteiger partial charge in [0.05, 0.1) is 5.76 Å². The van der Waals surface area contributed by atoms with Crippen molar-refractivity contribution in [1.82, 2.24) is 4.98 Å². The Bertz CT molecular complexity index is 1500. The number of aliphatic hydroxyl groups is 1. The normalized spacial score (nSPS) is 12.8. The van der Waals surface area contributed by atoms with E-state index in [9.17, 15) is 9.90 Å². The third-order valence-electron chi connectivity index (χ3n) is 7.08. The number of aryl methyl sites for hydroxylation is 3. The second-order valence-electron chi connectivity index (χ2n) is 10.0. The van der Waals surface area contributed by atoms with Crippen LogP contribution in [-0.4, -0.2) is 15.9 Å². The summed E-state index contributed by atoms with van der Waals surface area (Å²) >= 11 is 1.69. The van der Waals surface area contributed by atoms with Gasteiger partial charge < -0.3 is 10.1 Å². The van der Waals surface area contributed by atoms with Gasteiger partial charge in [0.1, 0.15) is 0 Å². The molecular weight excluding hydrogens is 691 g/mol. The third-order valence-corrected chi connectivity index (χ3v) is 8.22. The monoisotopic (exact) mass is 736 g/mol. The van der Waals surface area contributed by atoms with E-state index in [1.807, 2.05) is 52.9 Å². The van der Waals surface area contributed by atoms with E-state index in [1.165, 1.54) is 11.6 Å². The number of benzene rings is 2. The minimum Gasteiger partial charge on any atom is -0.512 e. The summed E-state index contributed by atoms with van der Waals surface area (Å²) in [6.45, 7) is 10.1. The van der Waals surface area contributed by atoms with Crippen LogP contribution in [0.2, 0.25) is 0 Å². The molecule has 0 spiro atoms. The number of pyridine rings is 1. The molecule has 0 unspecified atom stereocenters. The first-order chi connectivity index (χ1) is 19.9. The predicted octanol–water partition coefficient (Wildman–Crippen LogP) is 10.2. The maximum Gasteiger partial charge on any atom is 0.162 e. The van der Waals surface area contributed by atoms with Gasteiger partial charge in [-0.25, -0.2) is 0 Å². The molecule has 215 valence electrons. The van der Waals surface area contributed by atoms with E-state index in [0.29, 0.717) is 5.56 Å². The molecule has 1 radical (unpaired) electrons. The second-order valence-corrected chi connectivity index (χ2v) is 11.1. The first-order valence-corrected chi connectivity index (χ1v) is 14.7. The van der Waals surface area contributed by atoms with Crippen LogP contribution >= 0.6 is 11.3 Å². The molecule has 3 nitrogen and oxygen atoms in total. The molecule has 40 heavy (non-hydrogen) atoms. The van der Waals surface area contributed by atoms with Crippen molar-refractivity contribution in [1.29, 1.82) is 0 Å². The zero-order valence-electron chi connectivity index (χ0n) is 27.3. The Hall–Kier alpha value is -2.59. The van der Waals surface area contributed by atoms with Gasteiger partial charge in [-0.15, -0.1) is 46.2 Å². The minimum absolute atomic E-state index is 0. The van der Waals surface area contributed by atoms with Crippen molar-refractivity contribution >= 4 is 27.2 Å². The molecule has 0 atom stereocenters. The molecule has 5 heteroatoms. The van der Waals surface area contributed by atoms with Gasteiger partial charge >= 0.3 is 0 Å². The Morgan fingerprint density at radius 3 is 2.20 bits per heavy atom.